The van der Waals surface area contributed by atoms with Gasteiger partial charge in [-0.05, 0) is 129 Å². The molecule has 2 heterocycles. The summed E-state index contributed by atoms with van der Waals surface area (Å²) in [5.74, 6) is 0. The first-order valence-corrected chi connectivity index (χ1v) is 21.9. The fourth-order valence-electron chi connectivity index (χ4n) is 9.84. The second-order valence-electron chi connectivity index (χ2n) is 16.4. The van der Waals surface area contributed by atoms with Gasteiger partial charge >= 0.3 is 0 Å². The van der Waals surface area contributed by atoms with Gasteiger partial charge in [0, 0.05) is 45.9 Å². The molecule has 3 nitrogen and oxygen atoms in total. The second-order valence-corrected chi connectivity index (χ2v) is 16.4. The fraction of sp³-hybridized carbons (Fsp3) is 0. The van der Waals surface area contributed by atoms with E-state index in [-0.39, 0.29) is 6.71 Å². The molecule has 12 rings (SSSR count). The average molecular weight is 814 g/mol. The summed E-state index contributed by atoms with van der Waals surface area (Å²) >= 11 is 0. The molecule has 0 radical (unpaired) electrons. The van der Waals surface area contributed by atoms with E-state index in [1.54, 1.807) is 0 Å². The summed E-state index contributed by atoms with van der Waals surface area (Å²) in [6.07, 6.45) is 0. The van der Waals surface area contributed by atoms with E-state index in [9.17, 15) is 0 Å². The van der Waals surface area contributed by atoms with E-state index in [1.807, 2.05) is 12.1 Å². The van der Waals surface area contributed by atoms with Gasteiger partial charge in [0.25, 0.3) is 6.71 Å². The molecule has 0 fully saturated rings. The summed E-state index contributed by atoms with van der Waals surface area (Å²) in [6.45, 7) is -0.0398. The predicted octanol–water partition coefficient (Wildman–Crippen LogP) is 13.8. The minimum atomic E-state index is -0.0398. The van der Waals surface area contributed by atoms with Crippen molar-refractivity contribution in [2.75, 3.05) is 14.7 Å². The highest BCUT2D eigenvalue weighted by Crippen LogP contribution is 2.49. The molecule has 2 aliphatic rings. The average Bonchev–Trinajstić information content (AvgIpc) is 3.37. The van der Waals surface area contributed by atoms with Crippen molar-refractivity contribution < 1.29 is 0 Å². The molecule has 0 saturated heterocycles. The van der Waals surface area contributed by atoms with Crippen LogP contribution in [0.5, 0.6) is 0 Å². The van der Waals surface area contributed by atoms with Gasteiger partial charge in [0.2, 0.25) is 0 Å². The van der Waals surface area contributed by atoms with E-state index in [4.69, 9.17) is 0 Å². The summed E-state index contributed by atoms with van der Waals surface area (Å²) in [4.78, 5) is 7.37. The Bertz CT molecular complexity index is 3170. The third-order valence-corrected chi connectivity index (χ3v) is 12.6. The highest BCUT2D eigenvalue weighted by Gasteiger charge is 2.44. The van der Waals surface area contributed by atoms with Crippen LogP contribution in [0.1, 0.15) is 0 Å². The van der Waals surface area contributed by atoms with E-state index >= 15 is 0 Å². The Hall–Kier alpha value is -8.52. The lowest BCUT2D eigenvalue weighted by Gasteiger charge is -2.45. The third kappa shape index (κ3) is 6.42. The number of nitrogens with zero attached hydrogens (tertiary/aromatic N) is 3. The number of para-hydroxylation sites is 3. The SMILES string of the molecule is c1ccc(N(c2ccccc2)c2cc3c4c(c2)N(c2ccccc2)c2cc(-c5ccccc5)ccc2B4c2ccccc2N3c2cc(-c3ccccc3)cc(-c3ccccc3)c2)cc#1. The van der Waals surface area contributed by atoms with E-state index < -0.39 is 0 Å². The molecular formula is C60H40BN3. The molecule has 298 valence electrons. The lowest BCUT2D eigenvalue weighted by molar-refractivity contribution is 1.23. The molecule has 0 atom stereocenters. The van der Waals surface area contributed by atoms with E-state index in [0.29, 0.717) is 0 Å². The first-order chi connectivity index (χ1) is 31.8. The molecule has 0 spiro atoms. The van der Waals surface area contributed by atoms with Crippen LogP contribution in [0.3, 0.4) is 0 Å². The molecule has 0 aromatic heterocycles. The summed E-state index contributed by atoms with van der Waals surface area (Å²) in [5, 5.41) is 0. The molecule has 64 heavy (non-hydrogen) atoms. The molecule has 2 aliphatic heterocycles. The Balaban J connectivity index is 1.19. The van der Waals surface area contributed by atoms with Gasteiger partial charge < -0.3 is 14.7 Å². The lowest BCUT2D eigenvalue weighted by atomic mass is 9.33. The van der Waals surface area contributed by atoms with Crippen molar-refractivity contribution in [3.63, 3.8) is 0 Å². The molecule has 0 saturated carbocycles. The Morgan fingerprint density at radius 3 is 1.47 bits per heavy atom. The number of fused-ring (bicyclic) bond motifs is 4. The van der Waals surface area contributed by atoms with Gasteiger partial charge in [0.05, 0.1) is 11.4 Å². The van der Waals surface area contributed by atoms with Crippen LogP contribution in [-0.2, 0) is 0 Å². The minimum Gasteiger partial charge on any atom is -0.311 e. The van der Waals surface area contributed by atoms with Crippen molar-refractivity contribution >= 4 is 74.3 Å². The van der Waals surface area contributed by atoms with Gasteiger partial charge in [0.1, 0.15) is 0 Å². The van der Waals surface area contributed by atoms with Crippen molar-refractivity contribution in [2.45, 2.75) is 0 Å². The molecule has 0 bridgehead atoms. The van der Waals surface area contributed by atoms with Crippen molar-refractivity contribution in [1.29, 1.82) is 0 Å². The molecule has 0 N–H and O–H groups in total. The van der Waals surface area contributed by atoms with Crippen molar-refractivity contribution in [2.24, 2.45) is 0 Å². The van der Waals surface area contributed by atoms with Crippen LogP contribution in [0, 0.1) is 12.1 Å². The largest absolute Gasteiger partial charge is 0.311 e. The molecule has 4 heteroatoms. The Kier molecular flexibility index (Phi) is 9.17. The zero-order valence-corrected chi connectivity index (χ0v) is 35.0. The van der Waals surface area contributed by atoms with Crippen LogP contribution in [-0.4, -0.2) is 6.71 Å². The number of hydrogen-bond acceptors (Lipinski definition) is 3. The van der Waals surface area contributed by atoms with E-state index in [1.165, 1.54) is 44.3 Å². The zero-order chi connectivity index (χ0) is 42.4. The van der Waals surface area contributed by atoms with E-state index in [2.05, 4.69) is 257 Å². The highest BCUT2D eigenvalue weighted by atomic mass is 15.2. The van der Waals surface area contributed by atoms with Crippen LogP contribution in [0.2, 0.25) is 0 Å². The van der Waals surface area contributed by atoms with Crippen LogP contribution in [0.4, 0.5) is 51.2 Å². The molecule has 0 unspecified atom stereocenters. The summed E-state index contributed by atoms with van der Waals surface area (Å²) < 4.78 is 0. The van der Waals surface area contributed by atoms with Crippen molar-refractivity contribution in [1.82, 2.24) is 0 Å². The van der Waals surface area contributed by atoms with Gasteiger partial charge in [0.15, 0.2) is 0 Å². The maximum absolute atomic E-state index is 3.26. The first-order valence-electron chi connectivity index (χ1n) is 21.9. The Morgan fingerprint density at radius 1 is 0.328 bits per heavy atom. The Labute approximate surface area is 375 Å². The molecular weight excluding hydrogens is 773 g/mol. The molecule has 10 aromatic rings. The predicted molar refractivity (Wildman–Crippen MR) is 269 cm³/mol. The second kappa shape index (κ2) is 15.7. The number of benzene rings is 9. The first kappa shape index (κ1) is 37.3. The summed E-state index contributed by atoms with van der Waals surface area (Å²) in [5.41, 5.74) is 20.7. The topological polar surface area (TPSA) is 9.72 Å². The fourth-order valence-corrected chi connectivity index (χ4v) is 9.84. The van der Waals surface area contributed by atoms with Gasteiger partial charge in [-0.2, -0.15) is 0 Å². The summed E-state index contributed by atoms with van der Waals surface area (Å²) in [6, 6.07) is 94.3. The van der Waals surface area contributed by atoms with Gasteiger partial charge in [-0.15, -0.1) is 0 Å². The standard InChI is InChI=1S/C60H40BN3/c1-7-21-43(22-8-1)46-35-36-55-57(40-46)63(51-31-17-6-18-32-51)58-41-53(62(49-27-13-4-14-28-49)50-29-15-5-16-30-50)42-59-60(58)61(55)54-33-19-20-34-56(54)64(59)52-38-47(44-23-9-2-10-24-44)37-48(39-52)45-25-11-3-12-26-45/h1-4,6-15,17-42H. The maximum Gasteiger partial charge on any atom is 0.252 e. The van der Waals surface area contributed by atoms with E-state index in [0.717, 1.165) is 56.6 Å². The van der Waals surface area contributed by atoms with Crippen molar-refractivity contribution in [3.05, 3.63) is 255 Å². The zero-order valence-electron chi connectivity index (χ0n) is 35.0. The summed E-state index contributed by atoms with van der Waals surface area (Å²) in [7, 11) is 0. The van der Waals surface area contributed by atoms with Crippen LogP contribution < -0.4 is 31.1 Å². The number of hydrogen-bond donors (Lipinski definition) is 0. The van der Waals surface area contributed by atoms with Gasteiger partial charge in [-0.25, -0.2) is 0 Å². The molecule has 0 aliphatic carbocycles. The Morgan fingerprint density at radius 2 is 0.859 bits per heavy atom. The van der Waals surface area contributed by atoms with Crippen LogP contribution >= 0.6 is 0 Å². The monoisotopic (exact) mass is 813 g/mol. The van der Waals surface area contributed by atoms with Crippen molar-refractivity contribution in [3.8, 4) is 33.4 Å². The number of rotatable bonds is 8. The molecule has 10 aromatic carbocycles. The molecule has 0 amide bonds. The maximum atomic E-state index is 3.26. The van der Waals surface area contributed by atoms with Gasteiger partial charge in [-0.1, -0.05) is 170 Å². The van der Waals surface area contributed by atoms with Crippen LogP contribution in [0.25, 0.3) is 33.4 Å². The smallest absolute Gasteiger partial charge is 0.252 e. The number of anilines is 9. The minimum absolute atomic E-state index is 0.0398. The normalized spacial score (nSPS) is 12.2. The quantitative estimate of drug-likeness (QED) is 0.142. The van der Waals surface area contributed by atoms with Gasteiger partial charge in [-0.3, -0.25) is 0 Å². The highest BCUT2D eigenvalue weighted by molar-refractivity contribution is 7.00. The third-order valence-electron chi connectivity index (χ3n) is 12.6. The lowest BCUT2D eigenvalue weighted by Crippen LogP contribution is -2.61. The van der Waals surface area contributed by atoms with Crippen LogP contribution in [0.15, 0.2) is 243 Å².